The van der Waals surface area contributed by atoms with Crippen LogP contribution in [0.25, 0.3) is 0 Å². The minimum absolute atomic E-state index is 0.125. The zero-order valence-electron chi connectivity index (χ0n) is 12.4. The molecule has 0 atom stereocenters. The molecule has 0 saturated carbocycles. The fraction of sp³-hybridized carbons (Fsp3) is 0.562. The summed E-state index contributed by atoms with van der Waals surface area (Å²) >= 11 is 0. The molecule has 0 radical (unpaired) electrons. The summed E-state index contributed by atoms with van der Waals surface area (Å²) in [7, 11) is 0. The first-order valence-corrected chi connectivity index (χ1v) is 7.73. The largest absolute Gasteiger partial charge is 0.396 e. The predicted molar refractivity (Wildman–Crippen MR) is 84.4 cm³/mol. The van der Waals surface area contributed by atoms with Gasteiger partial charge in [0.2, 0.25) is 0 Å². The van der Waals surface area contributed by atoms with Crippen LogP contribution in [-0.4, -0.2) is 48.3 Å². The van der Waals surface area contributed by atoms with Crippen molar-refractivity contribution in [3.05, 3.63) is 30.3 Å². The maximum atomic E-state index is 11.9. The van der Waals surface area contributed by atoms with Crippen LogP contribution in [-0.2, 0) is 0 Å². The molecule has 21 heavy (non-hydrogen) atoms. The van der Waals surface area contributed by atoms with E-state index in [0.717, 1.165) is 51.0 Å². The van der Waals surface area contributed by atoms with E-state index >= 15 is 0 Å². The van der Waals surface area contributed by atoms with Gasteiger partial charge in [-0.3, -0.25) is 0 Å². The van der Waals surface area contributed by atoms with Crippen LogP contribution in [0, 0.1) is 0 Å². The fourth-order valence-electron chi connectivity index (χ4n) is 2.62. The summed E-state index contributed by atoms with van der Waals surface area (Å²) in [6.07, 6.45) is 3.89. The lowest BCUT2D eigenvalue weighted by Gasteiger charge is -2.32. The van der Waals surface area contributed by atoms with Gasteiger partial charge in [0, 0.05) is 31.4 Å². The zero-order chi connectivity index (χ0) is 14.9. The Kier molecular flexibility index (Phi) is 6.50. The first-order chi connectivity index (χ1) is 10.3. The van der Waals surface area contributed by atoms with E-state index in [1.165, 1.54) is 0 Å². The molecule has 1 aliphatic heterocycles. The first kappa shape index (κ1) is 15.8. The van der Waals surface area contributed by atoms with Crippen molar-refractivity contribution in [1.29, 1.82) is 0 Å². The van der Waals surface area contributed by atoms with Crippen molar-refractivity contribution >= 4 is 11.7 Å². The third-order valence-electron chi connectivity index (χ3n) is 3.84. The molecule has 116 valence electrons. The lowest BCUT2D eigenvalue weighted by Crippen LogP contribution is -2.46. The molecule has 0 bridgehead atoms. The van der Waals surface area contributed by atoms with Gasteiger partial charge in [0.1, 0.15) is 0 Å². The Morgan fingerprint density at radius 3 is 2.57 bits per heavy atom. The molecule has 3 N–H and O–H groups in total. The van der Waals surface area contributed by atoms with E-state index in [2.05, 4.69) is 15.5 Å². The van der Waals surface area contributed by atoms with E-state index in [1.54, 1.807) is 0 Å². The average Bonchev–Trinajstić information content (AvgIpc) is 2.50. The molecule has 1 saturated heterocycles. The van der Waals surface area contributed by atoms with Crippen molar-refractivity contribution in [1.82, 2.24) is 10.2 Å². The van der Waals surface area contributed by atoms with Crippen LogP contribution < -0.4 is 10.6 Å². The van der Waals surface area contributed by atoms with E-state index < -0.39 is 0 Å². The van der Waals surface area contributed by atoms with Gasteiger partial charge < -0.3 is 20.6 Å². The van der Waals surface area contributed by atoms with Gasteiger partial charge in [-0.25, -0.2) is 4.79 Å². The number of urea groups is 1. The van der Waals surface area contributed by atoms with Crippen molar-refractivity contribution in [2.45, 2.75) is 31.7 Å². The maximum absolute atomic E-state index is 11.9. The highest BCUT2D eigenvalue weighted by molar-refractivity contribution is 5.89. The summed E-state index contributed by atoms with van der Waals surface area (Å²) in [5.74, 6) is 0. The number of nitrogens with zero attached hydrogens (tertiary/aromatic N) is 1. The first-order valence-electron chi connectivity index (χ1n) is 7.73. The molecule has 0 aromatic heterocycles. The number of hydrogen-bond acceptors (Lipinski definition) is 3. The number of benzene rings is 1. The topological polar surface area (TPSA) is 64.6 Å². The molecule has 1 fully saturated rings. The lowest BCUT2D eigenvalue weighted by atomic mass is 10.0. The van der Waals surface area contributed by atoms with Crippen LogP contribution >= 0.6 is 0 Å². The average molecular weight is 291 g/mol. The van der Waals surface area contributed by atoms with Gasteiger partial charge in [-0.05, 0) is 44.4 Å². The van der Waals surface area contributed by atoms with Crippen molar-refractivity contribution in [2.75, 3.05) is 31.6 Å². The minimum Gasteiger partial charge on any atom is -0.396 e. The SMILES string of the molecule is O=C(Nc1ccccc1)NC1CCN(CCCCO)CC1. The summed E-state index contributed by atoms with van der Waals surface area (Å²) in [6.45, 7) is 3.35. The highest BCUT2D eigenvalue weighted by Crippen LogP contribution is 2.12. The molecule has 0 unspecified atom stereocenters. The second kappa shape index (κ2) is 8.64. The molecular weight excluding hydrogens is 266 g/mol. The Morgan fingerprint density at radius 1 is 1.19 bits per heavy atom. The molecule has 2 rings (SSSR count). The smallest absolute Gasteiger partial charge is 0.319 e. The highest BCUT2D eigenvalue weighted by Gasteiger charge is 2.20. The van der Waals surface area contributed by atoms with E-state index in [9.17, 15) is 4.79 Å². The van der Waals surface area contributed by atoms with Crippen molar-refractivity contribution in [3.63, 3.8) is 0 Å². The number of nitrogens with one attached hydrogen (secondary N) is 2. The number of carbonyl (C=O) groups is 1. The number of carbonyl (C=O) groups excluding carboxylic acids is 1. The second-order valence-electron chi connectivity index (χ2n) is 5.51. The Balaban J connectivity index is 1.65. The maximum Gasteiger partial charge on any atom is 0.319 e. The van der Waals surface area contributed by atoms with E-state index in [4.69, 9.17) is 5.11 Å². The Labute approximate surface area is 126 Å². The summed E-state index contributed by atoms with van der Waals surface area (Å²) in [5.41, 5.74) is 0.816. The van der Waals surface area contributed by atoms with Crippen molar-refractivity contribution in [3.8, 4) is 0 Å². The van der Waals surface area contributed by atoms with E-state index in [1.807, 2.05) is 30.3 Å². The molecule has 1 aromatic rings. The quantitative estimate of drug-likeness (QED) is 0.703. The van der Waals surface area contributed by atoms with Crippen LogP contribution in [0.2, 0.25) is 0 Å². The van der Waals surface area contributed by atoms with Crippen molar-refractivity contribution < 1.29 is 9.90 Å². The number of amides is 2. The van der Waals surface area contributed by atoms with Gasteiger partial charge in [0.25, 0.3) is 0 Å². The summed E-state index contributed by atoms with van der Waals surface area (Å²) in [6, 6.07) is 9.62. The normalized spacial score (nSPS) is 16.6. The number of anilines is 1. The molecule has 0 spiro atoms. The van der Waals surface area contributed by atoms with Crippen LogP contribution in [0.3, 0.4) is 0 Å². The molecule has 1 heterocycles. The zero-order valence-corrected chi connectivity index (χ0v) is 12.4. The summed E-state index contributed by atoms with van der Waals surface area (Å²) < 4.78 is 0. The number of likely N-dealkylation sites (tertiary alicyclic amines) is 1. The number of para-hydroxylation sites is 1. The Hall–Kier alpha value is -1.59. The Bertz CT molecular complexity index is 417. The van der Waals surface area contributed by atoms with Crippen LogP contribution in [0.5, 0.6) is 0 Å². The third kappa shape index (κ3) is 5.73. The number of hydrogen-bond donors (Lipinski definition) is 3. The molecule has 5 nitrogen and oxygen atoms in total. The summed E-state index contributed by atoms with van der Waals surface area (Å²) in [4.78, 5) is 14.3. The van der Waals surface area contributed by atoms with Crippen LogP contribution in [0.4, 0.5) is 10.5 Å². The lowest BCUT2D eigenvalue weighted by molar-refractivity contribution is 0.187. The monoisotopic (exact) mass is 291 g/mol. The Morgan fingerprint density at radius 2 is 1.90 bits per heavy atom. The number of unbranched alkanes of at least 4 members (excludes halogenated alkanes) is 1. The van der Waals surface area contributed by atoms with Gasteiger partial charge in [-0.2, -0.15) is 0 Å². The van der Waals surface area contributed by atoms with Crippen LogP contribution in [0.1, 0.15) is 25.7 Å². The highest BCUT2D eigenvalue weighted by atomic mass is 16.2. The van der Waals surface area contributed by atoms with Gasteiger partial charge >= 0.3 is 6.03 Å². The standard InChI is InChI=1S/C16H25N3O2/c20-13-5-4-10-19-11-8-15(9-12-19)18-16(21)17-14-6-2-1-3-7-14/h1-3,6-7,15,20H,4-5,8-13H2,(H2,17,18,21). The predicted octanol–water partition coefficient (Wildman–Crippen LogP) is 2.04. The minimum atomic E-state index is -0.125. The number of aliphatic hydroxyl groups excluding tert-OH is 1. The van der Waals surface area contributed by atoms with E-state index in [-0.39, 0.29) is 18.7 Å². The molecule has 5 heteroatoms. The molecule has 1 aromatic carbocycles. The van der Waals surface area contributed by atoms with Gasteiger partial charge in [0.05, 0.1) is 0 Å². The fourth-order valence-corrected chi connectivity index (χ4v) is 2.62. The van der Waals surface area contributed by atoms with Gasteiger partial charge in [-0.1, -0.05) is 18.2 Å². The van der Waals surface area contributed by atoms with E-state index in [0.29, 0.717) is 0 Å². The number of piperidine rings is 1. The number of rotatable bonds is 6. The molecule has 1 aliphatic rings. The summed E-state index contributed by atoms with van der Waals surface area (Å²) in [5, 5.41) is 14.7. The third-order valence-corrected chi connectivity index (χ3v) is 3.84. The van der Waals surface area contributed by atoms with Crippen LogP contribution in [0.15, 0.2) is 30.3 Å². The molecule has 0 aliphatic carbocycles. The van der Waals surface area contributed by atoms with Crippen molar-refractivity contribution in [2.24, 2.45) is 0 Å². The van der Waals surface area contributed by atoms with Gasteiger partial charge in [-0.15, -0.1) is 0 Å². The van der Waals surface area contributed by atoms with Gasteiger partial charge in [0.15, 0.2) is 0 Å². The molecule has 2 amide bonds. The second-order valence-corrected chi connectivity index (χ2v) is 5.51. The molecular formula is C16H25N3O2. The number of aliphatic hydroxyl groups is 1.